The standard InChI is InChI=1S/C16H18N8O2/c1-9-7-10(12-8-19-24(3)23-12)14(26-4)15(20-9)21-11-5-6-18-22-13(11)16(25)17-2/h5-8H,1-4H3,(H,17,25)(H,18,20,21)/i2D3. The summed E-state index contributed by atoms with van der Waals surface area (Å²) in [5.74, 6) is -0.236. The van der Waals surface area contributed by atoms with Crippen molar-refractivity contribution in [2.45, 2.75) is 6.92 Å². The quantitative estimate of drug-likeness (QED) is 0.696. The summed E-state index contributed by atoms with van der Waals surface area (Å²) in [4.78, 5) is 18.1. The summed E-state index contributed by atoms with van der Waals surface area (Å²) in [6.45, 7) is -0.873. The topological polar surface area (TPSA) is 120 Å². The van der Waals surface area contributed by atoms with Crippen molar-refractivity contribution in [2.75, 3.05) is 19.4 Å². The summed E-state index contributed by atoms with van der Waals surface area (Å²) in [5.41, 5.74) is 1.89. The van der Waals surface area contributed by atoms with Crippen LogP contribution in [0.2, 0.25) is 0 Å². The minimum atomic E-state index is -2.66. The van der Waals surface area contributed by atoms with Crippen LogP contribution in [0.1, 0.15) is 20.3 Å². The highest BCUT2D eigenvalue weighted by atomic mass is 16.5. The molecule has 0 spiro atoms. The normalized spacial score (nSPS) is 12.7. The zero-order valence-corrected chi connectivity index (χ0v) is 14.3. The number of nitrogens with one attached hydrogen (secondary N) is 2. The van der Waals surface area contributed by atoms with Gasteiger partial charge in [0.1, 0.15) is 5.69 Å². The second kappa shape index (κ2) is 7.13. The highest BCUT2D eigenvalue weighted by Crippen LogP contribution is 2.36. The molecule has 0 aliphatic carbocycles. The molecule has 2 N–H and O–H groups in total. The lowest BCUT2D eigenvalue weighted by Gasteiger charge is -2.15. The van der Waals surface area contributed by atoms with Gasteiger partial charge in [-0.15, -0.1) is 5.10 Å². The first kappa shape index (κ1) is 13.7. The van der Waals surface area contributed by atoms with E-state index in [4.69, 9.17) is 8.85 Å². The van der Waals surface area contributed by atoms with E-state index >= 15 is 0 Å². The van der Waals surface area contributed by atoms with E-state index in [1.807, 2.05) is 5.32 Å². The number of rotatable bonds is 5. The maximum atomic E-state index is 12.3. The number of ether oxygens (including phenoxy) is 1. The first-order valence-corrected chi connectivity index (χ1v) is 7.51. The Morgan fingerprint density at radius 2 is 2.27 bits per heavy atom. The Bertz CT molecular complexity index is 1050. The number of methoxy groups -OCH3 is 1. The number of anilines is 2. The molecule has 0 atom stereocenters. The predicted octanol–water partition coefficient (Wildman–Crippen LogP) is 1.09. The zero-order chi connectivity index (χ0) is 21.2. The van der Waals surface area contributed by atoms with Gasteiger partial charge in [-0.3, -0.25) is 4.79 Å². The molecular formula is C16H18N8O2. The summed E-state index contributed by atoms with van der Waals surface area (Å²) in [5, 5.41) is 20.6. The predicted molar refractivity (Wildman–Crippen MR) is 94.2 cm³/mol. The fraction of sp³-hybridized carbons (Fsp3) is 0.250. The van der Waals surface area contributed by atoms with Crippen molar-refractivity contribution < 1.29 is 13.6 Å². The van der Waals surface area contributed by atoms with Crippen LogP contribution in [0.15, 0.2) is 24.5 Å². The lowest BCUT2D eigenvalue weighted by atomic mass is 10.1. The zero-order valence-electron chi connectivity index (χ0n) is 17.3. The largest absolute Gasteiger partial charge is 0.492 e. The summed E-state index contributed by atoms with van der Waals surface area (Å²) < 4.78 is 27.1. The van der Waals surface area contributed by atoms with Crippen LogP contribution >= 0.6 is 0 Å². The number of aromatic nitrogens is 6. The Kier molecular flexibility index (Phi) is 3.76. The fourth-order valence-corrected chi connectivity index (χ4v) is 2.40. The molecule has 0 saturated carbocycles. The van der Waals surface area contributed by atoms with E-state index in [-0.39, 0.29) is 11.4 Å². The average molecular weight is 357 g/mol. The van der Waals surface area contributed by atoms with Gasteiger partial charge in [0.05, 0.1) is 30.8 Å². The van der Waals surface area contributed by atoms with Gasteiger partial charge in [-0.2, -0.15) is 20.1 Å². The Morgan fingerprint density at radius 1 is 1.42 bits per heavy atom. The van der Waals surface area contributed by atoms with E-state index in [1.54, 1.807) is 26.2 Å². The van der Waals surface area contributed by atoms with Gasteiger partial charge in [0.25, 0.3) is 5.91 Å². The Morgan fingerprint density at radius 3 is 2.96 bits per heavy atom. The monoisotopic (exact) mass is 357 g/mol. The molecule has 0 aliphatic rings. The van der Waals surface area contributed by atoms with Gasteiger partial charge >= 0.3 is 0 Å². The first-order chi connectivity index (χ1) is 13.7. The van der Waals surface area contributed by atoms with E-state index < -0.39 is 12.9 Å². The molecule has 3 aromatic heterocycles. The lowest BCUT2D eigenvalue weighted by molar-refractivity contribution is 0.0958. The molecule has 3 aromatic rings. The van der Waals surface area contributed by atoms with Crippen molar-refractivity contribution in [2.24, 2.45) is 7.05 Å². The summed E-state index contributed by atoms with van der Waals surface area (Å²) in [6.07, 6.45) is 2.95. The van der Waals surface area contributed by atoms with Crippen molar-refractivity contribution >= 4 is 17.4 Å². The maximum Gasteiger partial charge on any atom is 0.273 e. The molecule has 26 heavy (non-hydrogen) atoms. The van der Waals surface area contributed by atoms with Crippen LogP contribution in [0.3, 0.4) is 0 Å². The third-order valence-corrected chi connectivity index (χ3v) is 3.48. The second-order valence-corrected chi connectivity index (χ2v) is 5.28. The minimum Gasteiger partial charge on any atom is -0.492 e. The van der Waals surface area contributed by atoms with E-state index in [9.17, 15) is 4.79 Å². The molecule has 1 amide bonds. The Labute approximate surface area is 153 Å². The summed E-state index contributed by atoms with van der Waals surface area (Å²) in [7, 11) is 3.17. The molecular weight excluding hydrogens is 336 g/mol. The van der Waals surface area contributed by atoms with Gasteiger partial charge in [0.15, 0.2) is 17.3 Å². The van der Waals surface area contributed by atoms with E-state index in [1.165, 1.54) is 24.2 Å². The smallest absolute Gasteiger partial charge is 0.273 e. The van der Waals surface area contributed by atoms with Gasteiger partial charge in [0, 0.05) is 23.8 Å². The van der Waals surface area contributed by atoms with Crippen LogP contribution in [0.4, 0.5) is 11.5 Å². The van der Waals surface area contributed by atoms with Crippen LogP contribution in [-0.2, 0) is 7.05 Å². The van der Waals surface area contributed by atoms with Gasteiger partial charge in [-0.1, -0.05) is 0 Å². The number of hydrogen-bond acceptors (Lipinski definition) is 8. The average Bonchev–Trinajstić information content (AvgIpc) is 3.06. The number of aryl methyl sites for hydroxylation is 2. The van der Waals surface area contributed by atoms with Gasteiger partial charge in [0.2, 0.25) is 0 Å². The van der Waals surface area contributed by atoms with Crippen LogP contribution in [-0.4, -0.2) is 50.2 Å². The number of pyridine rings is 1. The molecule has 0 aliphatic heterocycles. The number of nitrogens with zero attached hydrogens (tertiary/aromatic N) is 6. The van der Waals surface area contributed by atoms with E-state index in [0.717, 1.165) is 0 Å². The van der Waals surface area contributed by atoms with Gasteiger partial charge in [-0.05, 0) is 19.1 Å². The van der Waals surface area contributed by atoms with Gasteiger partial charge < -0.3 is 15.4 Å². The molecule has 10 heteroatoms. The number of carbonyl (C=O) groups excluding carboxylic acids is 1. The number of amides is 1. The Balaban J connectivity index is 2.03. The van der Waals surface area contributed by atoms with Crippen molar-refractivity contribution in [3.63, 3.8) is 0 Å². The molecule has 0 radical (unpaired) electrons. The maximum absolute atomic E-state index is 12.3. The lowest BCUT2D eigenvalue weighted by Crippen LogP contribution is -2.21. The molecule has 134 valence electrons. The molecule has 0 fully saturated rings. The fourth-order valence-electron chi connectivity index (χ4n) is 2.40. The van der Waals surface area contributed by atoms with Crippen molar-refractivity contribution in [3.05, 3.63) is 35.9 Å². The molecule has 0 aromatic carbocycles. The summed E-state index contributed by atoms with van der Waals surface area (Å²) >= 11 is 0. The van der Waals surface area contributed by atoms with Gasteiger partial charge in [-0.25, -0.2) is 4.98 Å². The number of carbonyl (C=O) groups is 1. The second-order valence-electron chi connectivity index (χ2n) is 5.28. The van der Waals surface area contributed by atoms with Crippen molar-refractivity contribution in [1.29, 1.82) is 0 Å². The SMILES string of the molecule is [2H]C([2H])([2H])NC(=O)c1nnccc1Nc1nc(C)cc(-c2cnn(C)n2)c1OC. The van der Waals surface area contributed by atoms with E-state index in [0.29, 0.717) is 28.5 Å². The van der Waals surface area contributed by atoms with Crippen molar-refractivity contribution in [1.82, 2.24) is 35.5 Å². The molecule has 3 rings (SSSR count). The molecule has 0 saturated heterocycles. The molecule has 10 nitrogen and oxygen atoms in total. The van der Waals surface area contributed by atoms with Crippen LogP contribution in [0, 0.1) is 6.92 Å². The molecule has 3 heterocycles. The van der Waals surface area contributed by atoms with Crippen LogP contribution in [0.5, 0.6) is 5.75 Å². The molecule has 0 unspecified atom stereocenters. The third kappa shape index (κ3) is 3.29. The van der Waals surface area contributed by atoms with E-state index in [2.05, 4.69) is 30.7 Å². The third-order valence-electron chi connectivity index (χ3n) is 3.48. The first-order valence-electron chi connectivity index (χ1n) is 9.01. The summed E-state index contributed by atoms with van der Waals surface area (Å²) in [6, 6.07) is 3.27. The highest BCUT2D eigenvalue weighted by molar-refractivity contribution is 5.98. The highest BCUT2D eigenvalue weighted by Gasteiger charge is 2.19. The Hall–Kier alpha value is -3.56. The molecule has 0 bridgehead atoms. The van der Waals surface area contributed by atoms with Crippen LogP contribution in [0.25, 0.3) is 11.3 Å². The van der Waals surface area contributed by atoms with Crippen LogP contribution < -0.4 is 15.4 Å². The van der Waals surface area contributed by atoms with Crippen molar-refractivity contribution in [3.8, 4) is 17.0 Å². The number of hydrogen-bond donors (Lipinski definition) is 2. The minimum absolute atomic E-state index is 0.199.